The summed E-state index contributed by atoms with van der Waals surface area (Å²) in [4.78, 5) is 21.4. The lowest BCUT2D eigenvalue weighted by molar-refractivity contribution is -0.137. The number of carbonyl (C=O) groups excluding carboxylic acids is 2. The fraction of sp³-hybridized carbons (Fsp3) is 0.182. The number of primary amides is 1. The molecule has 0 fully saturated rings. The standard InChI is InChI=1S/C11H13N3O4/c1-6(13-14-11(17)10(12)16)7-3-4-8(15)9(5-7)18-2/h3-5,15H,1-2H3,(H2,12,16)(H,14,17)/b13-6+. The third-order valence-electron chi connectivity index (χ3n) is 2.15. The number of hydrogen-bond donors (Lipinski definition) is 3. The molecule has 0 bridgehead atoms. The molecule has 0 aliphatic carbocycles. The van der Waals surface area contributed by atoms with E-state index in [2.05, 4.69) is 5.10 Å². The second kappa shape index (κ2) is 5.67. The van der Waals surface area contributed by atoms with Gasteiger partial charge in [-0.2, -0.15) is 5.10 Å². The zero-order valence-electron chi connectivity index (χ0n) is 9.93. The van der Waals surface area contributed by atoms with Gasteiger partial charge in [0.2, 0.25) is 0 Å². The van der Waals surface area contributed by atoms with Crippen LogP contribution < -0.4 is 15.9 Å². The van der Waals surface area contributed by atoms with Crippen molar-refractivity contribution in [1.82, 2.24) is 5.43 Å². The summed E-state index contributed by atoms with van der Waals surface area (Å²) in [5.74, 6) is -1.84. The summed E-state index contributed by atoms with van der Waals surface area (Å²) in [5, 5.41) is 13.1. The van der Waals surface area contributed by atoms with Gasteiger partial charge in [-0.1, -0.05) is 0 Å². The van der Waals surface area contributed by atoms with E-state index in [1.165, 1.54) is 13.2 Å². The number of phenols is 1. The third-order valence-corrected chi connectivity index (χ3v) is 2.15. The maximum Gasteiger partial charge on any atom is 0.329 e. The molecule has 0 radical (unpaired) electrons. The van der Waals surface area contributed by atoms with E-state index in [0.29, 0.717) is 11.3 Å². The van der Waals surface area contributed by atoms with Crippen LogP contribution in [-0.4, -0.2) is 29.7 Å². The molecule has 7 heteroatoms. The van der Waals surface area contributed by atoms with Crippen molar-refractivity contribution in [3.8, 4) is 11.5 Å². The fourth-order valence-corrected chi connectivity index (χ4v) is 1.16. The molecule has 96 valence electrons. The minimum Gasteiger partial charge on any atom is -0.504 e. The maximum atomic E-state index is 10.9. The van der Waals surface area contributed by atoms with Crippen LogP contribution in [0.5, 0.6) is 11.5 Å². The van der Waals surface area contributed by atoms with Gasteiger partial charge in [0, 0.05) is 5.56 Å². The van der Waals surface area contributed by atoms with Crippen molar-refractivity contribution in [2.24, 2.45) is 10.8 Å². The SMILES string of the molecule is COc1cc(/C(C)=N/NC(=O)C(N)=O)ccc1O. The van der Waals surface area contributed by atoms with E-state index < -0.39 is 11.8 Å². The predicted octanol–water partition coefficient (Wildman–Crippen LogP) is -0.274. The van der Waals surface area contributed by atoms with Crippen LogP contribution in [0.1, 0.15) is 12.5 Å². The number of aromatic hydroxyl groups is 1. The van der Waals surface area contributed by atoms with Crippen LogP contribution in [0.2, 0.25) is 0 Å². The van der Waals surface area contributed by atoms with E-state index in [9.17, 15) is 14.7 Å². The highest BCUT2D eigenvalue weighted by molar-refractivity contribution is 6.34. The summed E-state index contributed by atoms with van der Waals surface area (Å²) in [6.45, 7) is 1.62. The lowest BCUT2D eigenvalue weighted by atomic mass is 10.1. The molecule has 0 atom stereocenters. The van der Waals surface area contributed by atoms with Crippen LogP contribution in [0, 0.1) is 0 Å². The molecule has 1 aromatic carbocycles. The van der Waals surface area contributed by atoms with Gasteiger partial charge in [-0.05, 0) is 25.1 Å². The number of ether oxygens (including phenoxy) is 1. The molecule has 0 unspecified atom stereocenters. The number of hydrogen-bond acceptors (Lipinski definition) is 5. The van der Waals surface area contributed by atoms with Crippen LogP contribution >= 0.6 is 0 Å². The lowest BCUT2D eigenvalue weighted by Crippen LogP contribution is -2.33. The van der Waals surface area contributed by atoms with Crippen molar-refractivity contribution in [2.45, 2.75) is 6.92 Å². The normalized spacial score (nSPS) is 10.9. The summed E-state index contributed by atoms with van der Waals surface area (Å²) in [5.41, 5.74) is 7.81. The summed E-state index contributed by atoms with van der Waals surface area (Å²) >= 11 is 0. The molecule has 18 heavy (non-hydrogen) atoms. The van der Waals surface area contributed by atoms with Gasteiger partial charge in [-0.15, -0.1) is 0 Å². The molecule has 2 amide bonds. The van der Waals surface area contributed by atoms with Crippen LogP contribution in [0.4, 0.5) is 0 Å². The van der Waals surface area contributed by atoms with Crippen molar-refractivity contribution in [3.63, 3.8) is 0 Å². The number of methoxy groups -OCH3 is 1. The Morgan fingerprint density at radius 3 is 2.67 bits per heavy atom. The van der Waals surface area contributed by atoms with E-state index in [0.717, 1.165) is 0 Å². The van der Waals surface area contributed by atoms with Gasteiger partial charge in [-0.3, -0.25) is 9.59 Å². The van der Waals surface area contributed by atoms with Crippen molar-refractivity contribution in [3.05, 3.63) is 23.8 Å². The van der Waals surface area contributed by atoms with Crippen LogP contribution in [0.25, 0.3) is 0 Å². The predicted molar refractivity (Wildman–Crippen MR) is 64.2 cm³/mol. The first-order valence-electron chi connectivity index (χ1n) is 4.97. The van der Waals surface area contributed by atoms with Crippen LogP contribution in [0.15, 0.2) is 23.3 Å². The number of benzene rings is 1. The number of hydrazone groups is 1. The molecule has 0 saturated carbocycles. The first-order valence-corrected chi connectivity index (χ1v) is 4.97. The average molecular weight is 251 g/mol. The Morgan fingerprint density at radius 1 is 1.44 bits per heavy atom. The largest absolute Gasteiger partial charge is 0.504 e. The molecule has 1 rings (SSSR count). The summed E-state index contributed by atoms with van der Waals surface area (Å²) in [6, 6.07) is 4.57. The molecule has 0 aliphatic rings. The number of nitrogens with one attached hydrogen (secondary N) is 1. The Hall–Kier alpha value is -2.57. The van der Waals surface area contributed by atoms with Gasteiger partial charge in [0.15, 0.2) is 11.5 Å². The first kappa shape index (κ1) is 13.5. The highest BCUT2D eigenvalue weighted by atomic mass is 16.5. The minimum absolute atomic E-state index is 0.00442. The molecular weight excluding hydrogens is 238 g/mol. The molecule has 7 nitrogen and oxygen atoms in total. The van der Waals surface area contributed by atoms with Crippen molar-refractivity contribution in [2.75, 3.05) is 7.11 Å². The van der Waals surface area contributed by atoms with Gasteiger partial charge in [0.1, 0.15) is 0 Å². The number of nitrogens with zero attached hydrogens (tertiary/aromatic N) is 1. The van der Waals surface area contributed by atoms with Crippen molar-refractivity contribution in [1.29, 1.82) is 0 Å². The van der Waals surface area contributed by atoms with E-state index in [-0.39, 0.29) is 11.5 Å². The van der Waals surface area contributed by atoms with Gasteiger partial charge >= 0.3 is 11.8 Å². The number of carbonyl (C=O) groups is 2. The molecule has 4 N–H and O–H groups in total. The zero-order chi connectivity index (χ0) is 13.7. The Morgan fingerprint density at radius 2 is 2.11 bits per heavy atom. The smallest absolute Gasteiger partial charge is 0.329 e. The van der Waals surface area contributed by atoms with Gasteiger partial charge < -0.3 is 15.6 Å². The van der Waals surface area contributed by atoms with Gasteiger partial charge in [0.25, 0.3) is 0 Å². The van der Waals surface area contributed by atoms with E-state index in [1.54, 1.807) is 19.1 Å². The third kappa shape index (κ3) is 3.21. The fourth-order valence-electron chi connectivity index (χ4n) is 1.16. The summed E-state index contributed by atoms with van der Waals surface area (Å²) in [6.07, 6.45) is 0. The molecule has 1 aromatic rings. The summed E-state index contributed by atoms with van der Waals surface area (Å²) < 4.78 is 4.93. The Bertz CT molecular complexity index is 511. The second-order valence-corrected chi connectivity index (χ2v) is 3.39. The number of amides is 2. The molecule has 0 aliphatic heterocycles. The highest BCUT2D eigenvalue weighted by Gasteiger charge is 2.08. The lowest BCUT2D eigenvalue weighted by Gasteiger charge is -2.06. The van der Waals surface area contributed by atoms with Gasteiger partial charge in [0.05, 0.1) is 12.8 Å². The Kier molecular flexibility index (Phi) is 4.25. The van der Waals surface area contributed by atoms with Crippen molar-refractivity contribution >= 4 is 17.5 Å². The molecular formula is C11H13N3O4. The quantitative estimate of drug-likeness (QED) is 0.389. The van der Waals surface area contributed by atoms with E-state index in [4.69, 9.17) is 10.5 Å². The zero-order valence-corrected chi connectivity index (χ0v) is 9.93. The van der Waals surface area contributed by atoms with Crippen LogP contribution in [0.3, 0.4) is 0 Å². The molecule has 0 aromatic heterocycles. The van der Waals surface area contributed by atoms with Crippen molar-refractivity contribution < 1.29 is 19.4 Å². The number of rotatable bonds is 3. The van der Waals surface area contributed by atoms with Crippen LogP contribution in [-0.2, 0) is 9.59 Å². The molecule has 0 saturated heterocycles. The Labute approximate surface area is 103 Å². The summed E-state index contributed by atoms with van der Waals surface area (Å²) in [7, 11) is 1.42. The van der Waals surface area contributed by atoms with E-state index in [1.807, 2.05) is 5.43 Å². The topological polar surface area (TPSA) is 114 Å². The highest BCUT2D eigenvalue weighted by Crippen LogP contribution is 2.26. The second-order valence-electron chi connectivity index (χ2n) is 3.39. The number of nitrogens with two attached hydrogens (primary N) is 1. The molecule has 0 heterocycles. The monoisotopic (exact) mass is 251 g/mol. The Balaban J connectivity index is 2.90. The molecule has 0 spiro atoms. The number of phenolic OH excluding ortho intramolecular Hbond substituents is 1. The minimum atomic E-state index is -1.12. The maximum absolute atomic E-state index is 10.9. The van der Waals surface area contributed by atoms with E-state index >= 15 is 0 Å². The first-order chi connectivity index (χ1) is 8.45. The average Bonchev–Trinajstić information content (AvgIpc) is 2.35. The van der Waals surface area contributed by atoms with Gasteiger partial charge in [-0.25, -0.2) is 5.43 Å².